The molecule has 1 aromatic rings. The molecule has 0 saturated heterocycles. The van der Waals surface area contributed by atoms with Gasteiger partial charge >= 0.3 is 0 Å². The summed E-state index contributed by atoms with van der Waals surface area (Å²) in [5.74, 6) is -0.0330. The molecular formula is C14H20N2O3. The molecule has 1 fully saturated rings. The summed E-state index contributed by atoms with van der Waals surface area (Å²) in [6.07, 6.45) is 7.67. The van der Waals surface area contributed by atoms with E-state index >= 15 is 0 Å². The van der Waals surface area contributed by atoms with Gasteiger partial charge in [0.1, 0.15) is 5.56 Å². The monoisotopic (exact) mass is 264 g/mol. The third kappa shape index (κ3) is 3.92. The number of nitrogens with zero attached hydrogens (tertiary/aromatic N) is 1. The first-order valence-corrected chi connectivity index (χ1v) is 6.82. The Morgan fingerprint density at radius 2 is 2.21 bits per heavy atom. The van der Waals surface area contributed by atoms with Crippen LogP contribution in [0.15, 0.2) is 24.5 Å². The van der Waals surface area contributed by atoms with E-state index in [9.17, 15) is 15.1 Å². The summed E-state index contributed by atoms with van der Waals surface area (Å²) in [6.45, 7) is 0.247. The van der Waals surface area contributed by atoms with Crippen molar-refractivity contribution < 1.29 is 14.6 Å². The van der Waals surface area contributed by atoms with Crippen LogP contribution in [0.4, 0.5) is 0 Å². The molecule has 19 heavy (non-hydrogen) atoms. The van der Waals surface area contributed by atoms with Crippen molar-refractivity contribution in [2.24, 2.45) is 5.92 Å². The first-order valence-electron chi connectivity index (χ1n) is 6.82. The largest absolute Gasteiger partial charge is 0.619 e. The average molecular weight is 264 g/mol. The SMILES string of the molecule is O=C(NCC(O)C1CCCCC1)c1ccc[n+]([O-])c1. The zero-order valence-electron chi connectivity index (χ0n) is 10.9. The molecule has 104 valence electrons. The Kier molecular flexibility index (Phi) is 4.74. The van der Waals surface area contributed by atoms with Gasteiger partial charge in [0.15, 0.2) is 12.4 Å². The minimum absolute atomic E-state index is 0.247. The second-order valence-corrected chi connectivity index (χ2v) is 5.13. The number of hydrogen-bond acceptors (Lipinski definition) is 3. The normalized spacial score (nSPS) is 17.9. The summed E-state index contributed by atoms with van der Waals surface area (Å²) >= 11 is 0. The lowest BCUT2D eigenvalue weighted by Gasteiger charge is -2.26. The molecule has 2 rings (SSSR count). The van der Waals surface area contributed by atoms with Gasteiger partial charge in [-0.05, 0) is 24.8 Å². The molecule has 1 aliphatic carbocycles. The van der Waals surface area contributed by atoms with Crippen LogP contribution in [-0.4, -0.2) is 23.7 Å². The maximum atomic E-state index is 11.8. The van der Waals surface area contributed by atoms with Gasteiger partial charge in [0.2, 0.25) is 0 Å². The van der Waals surface area contributed by atoms with Crippen LogP contribution in [-0.2, 0) is 0 Å². The number of carbonyl (C=O) groups excluding carboxylic acids is 1. The molecule has 0 bridgehead atoms. The number of pyridine rings is 1. The molecule has 0 radical (unpaired) electrons. The van der Waals surface area contributed by atoms with Gasteiger partial charge in [0.25, 0.3) is 5.91 Å². The van der Waals surface area contributed by atoms with E-state index in [1.54, 1.807) is 6.07 Å². The van der Waals surface area contributed by atoms with Gasteiger partial charge in [-0.3, -0.25) is 4.79 Å². The topological polar surface area (TPSA) is 76.3 Å². The van der Waals surface area contributed by atoms with Crippen molar-refractivity contribution in [3.05, 3.63) is 35.3 Å². The minimum Gasteiger partial charge on any atom is -0.619 e. The summed E-state index contributed by atoms with van der Waals surface area (Å²) in [6, 6.07) is 3.11. The third-order valence-electron chi connectivity index (χ3n) is 3.70. The molecule has 5 nitrogen and oxygen atoms in total. The Balaban J connectivity index is 1.82. The Morgan fingerprint density at radius 3 is 2.89 bits per heavy atom. The first-order chi connectivity index (χ1) is 9.16. The molecular weight excluding hydrogens is 244 g/mol. The highest BCUT2D eigenvalue weighted by Gasteiger charge is 2.22. The summed E-state index contributed by atoms with van der Waals surface area (Å²) in [7, 11) is 0. The van der Waals surface area contributed by atoms with Crippen molar-refractivity contribution >= 4 is 5.91 Å². The molecule has 1 unspecified atom stereocenters. The Hall–Kier alpha value is -1.62. The van der Waals surface area contributed by atoms with E-state index in [2.05, 4.69) is 5.32 Å². The lowest BCUT2D eigenvalue weighted by Crippen LogP contribution is -2.38. The van der Waals surface area contributed by atoms with Crippen LogP contribution in [0.5, 0.6) is 0 Å². The van der Waals surface area contributed by atoms with Crippen molar-refractivity contribution in [3.8, 4) is 0 Å². The summed E-state index contributed by atoms with van der Waals surface area (Å²) < 4.78 is 0.590. The van der Waals surface area contributed by atoms with Gasteiger partial charge in [-0.2, -0.15) is 4.73 Å². The van der Waals surface area contributed by atoms with Crippen LogP contribution in [0, 0.1) is 11.1 Å². The first kappa shape index (κ1) is 13.8. The number of amides is 1. The van der Waals surface area contributed by atoms with Crippen molar-refractivity contribution in [2.45, 2.75) is 38.2 Å². The molecule has 2 N–H and O–H groups in total. The van der Waals surface area contributed by atoms with Gasteiger partial charge in [0, 0.05) is 12.6 Å². The number of rotatable bonds is 4. The molecule has 1 aromatic heterocycles. The number of aromatic nitrogens is 1. The highest BCUT2D eigenvalue weighted by atomic mass is 16.5. The Labute approximate surface area is 112 Å². The Morgan fingerprint density at radius 1 is 1.47 bits per heavy atom. The van der Waals surface area contributed by atoms with Crippen LogP contribution in [0.1, 0.15) is 42.5 Å². The Bertz CT molecular complexity index is 430. The highest BCUT2D eigenvalue weighted by molar-refractivity contribution is 5.93. The maximum Gasteiger partial charge on any atom is 0.257 e. The standard InChI is InChI=1S/C14H20N2O3/c17-13(11-5-2-1-3-6-11)9-15-14(18)12-7-4-8-16(19)10-12/h4,7-8,10-11,13,17H,1-3,5-6,9H2,(H,15,18). The molecule has 1 atom stereocenters. The molecule has 0 spiro atoms. The minimum atomic E-state index is -0.493. The van der Waals surface area contributed by atoms with E-state index < -0.39 is 6.10 Å². The second kappa shape index (κ2) is 6.52. The zero-order chi connectivity index (χ0) is 13.7. The van der Waals surface area contributed by atoms with Crippen LogP contribution in [0.25, 0.3) is 0 Å². The van der Waals surface area contributed by atoms with Crippen LogP contribution < -0.4 is 10.0 Å². The number of aliphatic hydroxyl groups is 1. The number of nitrogens with one attached hydrogen (secondary N) is 1. The van der Waals surface area contributed by atoms with Gasteiger partial charge < -0.3 is 15.6 Å². The lowest BCUT2D eigenvalue weighted by atomic mass is 9.85. The number of carbonyl (C=O) groups is 1. The molecule has 1 saturated carbocycles. The van der Waals surface area contributed by atoms with E-state index in [-0.39, 0.29) is 18.4 Å². The van der Waals surface area contributed by atoms with E-state index in [4.69, 9.17) is 0 Å². The predicted octanol–water partition coefficient (Wildman–Crippen LogP) is 0.991. The van der Waals surface area contributed by atoms with Gasteiger partial charge in [-0.1, -0.05) is 19.3 Å². The molecule has 1 heterocycles. The van der Waals surface area contributed by atoms with Gasteiger partial charge in [-0.15, -0.1) is 0 Å². The highest BCUT2D eigenvalue weighted by Crippen LogP contribution is 2.26. The molecule has 0 aliphatic heterocycles. The van der Waals surface area contributed by atoms with Crippen LogP contribution in [0.2, 0.25) is 0 Å². The smallest absolute Gasteiger partial charge is 0.257 e. The van der Waals surface area contributed by atoms with E-state index in [1.165, 1.54) is 24.9 Å². The quantitative estimate of drug-likeness (QED) is 0.629. The number of hydrogen-bond donors (Lipinski definition) is 2. The second-order valence-electron chi connectivity index (χ2n) is 5.13. The lowest BCUT2D eigenvalue weighted by molar-refractivity contribution is -0.605. The molecule has 0 aromatic carbocycles. The molecule has 1 amide bonds. The molecule has 1 aliphatic rings. The van der Waals surface area contributed by atoms with E-state index in [1.807, 2.05) is 0 Å². The van der Waals surface area contributed by atoms with Crippen LogP contribution in [0.3, 0.4) is 0 Å². The van der Waals surface area contributed by atoms with Gasteiger partial charge in [0.05, 0.1) is 6.10 Å². The van der Waals surface area contributed by atoms with E-state index in [0.29, 0.717) is 10.3 Å². The summed E-state index contributed by atoms with van der Waals surface area (Å²) in [5, 5.41) is 23.8. The van der Waals surface area contributed by atoms with Crippen molar-refractivity contribution in [2.75, 3.05) is 6.54 Å². The van der Waals surface area contributed by atoms with Crippen molar-refractivity contribution in [1.29, 1.82) is 0 Å². The van der Waals surface area contributed by atoms with Crippen molar-refractivity contribution in [1.82, 2.24) is 5.32 Å². The summed E-state index contributed by atoms with van der Waals surface area (Å²) in [4.78, 5) is 11.8. The zero-order valence-corrected chi connectivity index (χ0v) is 10.9. The average Bonchev–Trinajstić information content (AvgIpc) is 2.45. The molecule has 5 heteroatoms. The summed E-state index contributed by atoms with van der Waals surface area (Å²) in [5.41, 5.74) is 0.313. The van der Waals surface area contributed by atoms with E-state index in [0.717, 1.165) is 25.7 Å². The number of aliphatic hydroxyl groups excluding tert-OH is 1. The van der Waals surface area contributed by atoms with Gasteiger partial charge in [-0.25, -0.2) is 0 Å². The fourth-order valence-corrected chi connectivity index (χ4v) is 2.57. The fraction of sp³-hybridized carbons (Fsp3) is 0.571. The fourth-order valence-electron chi connectivity index (χ4n) is 2.57. The van der Waals surface area contributed by atoms with Crippen LogP contribution >= 0.6 is 0 Å². The predicted molar refractivity (Wildman–Crippen MR) is 70.3 cm³/mol. The maximum absolute atomic E-state index is 11.8. The van der Waals surface area contributed by atoms with Crippen molar-refractivity contribution in [3.63, 3.8) is 0 Å². The third-order valence-corrected chi connectivity index (χ3v) is 3.70.